The summed E-state index contributed by atoms with van der Waals surface area (Å²) in [6.45, 7) is 6.61. The second kappa shape index (κ2) is 19.7. The zero-order valence-electron chi connectivity index (χ0n) is 27.3. The molecule has 0 aromatic carbocycles. The first kappa shape index (κ1) is 41.6. The van der Waals surface area contributed by atoms with Crippen LogP contribution in [0.4, 0.5) is 13.2 Å². The number of hydrogen-bond acceptors (Lipinski definition) is 9. The van der Waals surface area contributed by atoms with Gasteiger partial charge in [-0.05, 0) is 76.3 Å². The van der Waals surface area contributed by atoms with Crippen molar-refractivity contribution in [1.29, 1.82) is 0 Å². The molecule has 13 unspecified atom stereocenters. The van der Waals surface area contributed by atoms with Gasteiger partial charge in [0.1, 0.15) is 12.3 Å². The molecule has 3 saturated carbocycles. The molecule has 2 aliphatic heterocycles. The molecule has 0 aromatic heterocycles. The number of fused-ring (bicyclic) bond motifs is 1. The fourth-order valence-corrected chi connectivity index (χ4v) is 8.93. The van der Waals surface area contributed by atoms with Gasteiger partial charge in [0.25, 0.3) is 0 Å². The number of nitrogens with zero attached hydrogens (tertiary/aromatic N) is 5. The van der Waals surface area contributed by atoms with E-state index in [1.807, 2.05) is 0 Å². The largest absolute Gasteiger partial charge is 0.393 e. The Kier molecular flexibility index (Phi) is 17.4. The molecular weight excluding hydrogens is 724 g/mol. The molecule has 2 heterocycles. The van der Waals surface area contributed by atoms with Crippen LogP contribution in [-0.2, 0) is 16.5 Å². The van der Waals surface area contributed by atoms with Crippen molar-refractivity contribution in [2.45, 2.75) is 149 Å². The summed E-state index contributed by atoms with van der Waals surface area (Å²) in [7, 11) is 0. The van der Waals surface area contributed by atoms with Crippen LogP contribution in [0.5, 0.6) is 0 Å². The summed E-state index contributed by atoms with van der Waals surface area (Å²) < 4.78 is 38.2. The molecular formula is C31H53Cl3F3N7NiO2. The Bertz CT molecular complexity index is 989. The summed E-state index contributed by atoms with van der Waals surface area (Å²) in [5, 5.41) is 43.1. The molecule has 0 amide bonds. The van der Waals surface area contributed by atoms with E-state index in [9.17, 15) is 23.4 Å². The molecule has 0 aromatic rings. The number of azo groups is 2. The average molecular weight is 778 g/mol. The molecule has 0 radical (unpaired) electrons. The number of piperidine rings is 2. The van der Waals surface area contributed by atoms with E-state index in [-0.39, 0.29) is 64.6 Å². The van der Waals surface area contributed by atoms with Crippen LogP contribution in [0.3, 0.4) is 0 Å². The van der Waals surface area contributed by atoms with Gasteiger partial charge in [-0.15, -0.1) is 34.8 Å². The van der Waals surface area contributed by atoms with E-state index < -0.39 is 29.7 Å². The first-order valence-corrected chi connectivity index (χ1v) is 18.6. The SMILES string of the molecule is CCN(CC)C1CCC(N=NC2NCC(C(F)(F)F)CC2Cl)C(O)C1.OC1CCC2CCCCC2C1N=NC1NCC(Cl)CC1Cl.[Ni]. The average Bonchev–Trinajstić information content (AvgIpc) is 3.02. The molecule has 276 valence electrons. The third kappa shape index (κ3) is 11.8. The number of alkyl halides is 6. The van der Waals surface area contributed by atoms with Crippen molar-refractivity contribution in [3.05, 3.63) is 0 Å². The van der Waals surface area contributed by atoms with Crippen LogP contribution in [0.15, 0.2) is 20.5 Å². The van der Waals surface area contributed by atoms with Crippen molar-refractivity contribution in [1.82, 2.24) is 15.5 Å². The Balaban J connectivity index is 0.000000253. The Labute approximate surface area is 302 Å². The Morgan fingerprint density at radius 2 is 1.38 bits per heavy atom. The summed E-state index contributed by atoms with van der Waals surface area (Å²) in [6, 6.07) is -0.00108. The maximum atomic E-state index is 12.7. The van der Waals surface area contributed by atoms with E-state index in [1.165, 1.54) is 25.7 Å². The van der Waals surface area contributed by atoms with Crippen molar-refractivity contribution < 1.29 is 39.9 Å². The van der Waals surface area contributed by atoms with Crippen LogP contribution in [-0.4, -0.2) is 106 Å². The minimum atomic E-state index is -4.25. The zero-order valence-corrected chi connectivity index (χ0v) is 30.6. The number of aliphatic hydroxyl groups excluding tert-OH is 2. The van der Waals surface area contributed by atoms with E-state index in [1.54, 1.807) is 0 Å². The van der Waals surface area contributed by atoms with Gasteiger partial charge in [-0.2, -0.15) is 33.6 Å². The Morgan fingerprint density at radius 1 is 0.745 bits per heavy atom. The van der Waals surface area contributed by atoms with Gasteiger partial charge in [-0.25, -0.2) is 0 Å². The standard InChI is InChI=1S/C16H28ClF3N4O.C15H25Cl2N3O.Ni/c1-3-24(4-2)11-5-6-13(14(25)8-11)22-23-15-12(17)7-10(9-21-15)16(18,19)20;16-10-7-12(17)15(18-8-10)20-19-14-11-4-2-1-3-9(11)5-6-13(14)21;/h10-15,21,25H,3-9H2,1-2H3;9-15,18,21H,1-8H2;. The number of nitrogens with one attached hydrogen (secondary N) is 2. The number of hydrogen-bond donors (Lipinski definition) is 4. The monoisotopic (exact) mass is 775 g/mol. The molecule has 2 saturated heterocycles. The van der Waals surface area contributed by atoms with Crippen molar-refractivity contribution >= 4 is 34.8 Å². The van der Waals surface area contributed by atoms with Gasteiger partial charge in [0.15, 0.2) is 0 Å². The molecule has 4 N–H and O–H groups in total. The molecule has 5 aliphatic rings. The fraction of sp³-hybridized carbons (Fsp3) is 1.00. The van der Waals surface area contributed by atoms with Crippen LogP contribution in [0.25, 0.3) is 0 Å². The normalized spacial score (nSPS) is 41.6. The van der Waals surface area contributed by atoms with Gasteiger partial charge < -0.3 is 15.1 Å². The van der Waals surface area contributed by atoms with Crippen LogP contribution in [0.2, 0.25) is 0 Å². The van der Waals surface area contributed by atoms with Crippen molar-refractivity contribution in [2.75, 3.05) is 26.2 Å². The van der Waals surface area contributed by atoms with Crippen LogP contribution in [0, 0.1) is 17.8 Å². The van der Waals surface area contributed by atoms with Gasteiger partial charge in [-0.1, -0.05) is 33.1 Å². The number of rotatable bonds is 7. The van der Waals surface area contributed by atoms with E-state index >= 15 is 0 Å². The molecule has 16 heteroatoms. The van der Waals surface area contributed by atoms with Gasteiger partial charge in [0, 0.05) is 41.0 Å². The summed E-state index contributed by atoms with van der Waals surface area (Å²) in [5.41, 5.74) is 0. The topological polar surface area (TPSA) is 117 Å². The van der Waals surface area contributed by atoms with Crippen LogP contribution < -0.4 is 10.6 Å². The quantitative estimate of drug-likeness (QED) is 0.135. The number of aliphatic hydroxyl groups is 2. The second-order valence-electron chi connectivity index (χ2n) is 13.7. The molecule has 47 heavy (non-hydrogen) atoms. The summed E-state index contributed by atoms with van der Waals surface area (Å²) >= 11 is 18.4. The Morgan fingerprint density at radius 3 is 2.00 bits per heavy atom. The molecule has 3 aliphatic carbocycles. The van der Waals surface area contributed by atoms with Gasteiger partial charge >= 0.3 is 6.18 Å². The van der Waals surface area contributed by atoms with Crippen molar-refractivity contribution in [2.24, 2.45) is 38.2 Å². The van der Waals surface area contributed by atoms with Crippen molar-refractivity contribution in [3.8, 4) is 0 Å². The molecule has 5 fully saturated rings. The molecule has 13 atom stereocenters. The summed E-state index contributed by atoms with van der Waals surface area (Å²) in [4.78, 5) is 2.32. The number of halogens is 6. The second-order valence-corrected chi connectivity index (χ2v) is 15.4. The summed E-state index contributed by atoms with van der Waals surface area (Å²) in [5.74, 6) is -0.217. The van der Waals surface area contributed by atoms with Crippen molar-refractivity contribution in [3.63, 3.8) is 0 Å². The van der Waals surface area contributed by atoms with E-state index in [0.29, 0.717) is 24.9 Å². The Hall–Kier alpha value is 0.154. The summed E-state index contributed by atoms with van der Waals surface area (Å²) in [6.07, 6.45) is 3.96. The predicted octanol–water partition coefficient (Wildman–Crippen LogP) is 6.47. The van der Waals surface area contributed by atoms with Crippen LogP contribution >= 0.6 is 34.8 Å². The van der Waals surface area contributed by atoms with E-state index in [2.05, 4.69) is 49.8 Å². The smallest absolute Gasteiger partial charge is 0.391 e. The minimum absolute atomic E-state index is 0. The van der Waals surface area contributed by atoms with Gasteiger partial charge in [-0.3, -0.25) is 10.6 Å². The van der Waals surface area contributed by atoms with E-state index in [0.717, 1.165) is 51.1 Å². The molecule has 9 nitrogen and oxygen atoms in total. The third-order valence-corrected chi connectivity index (χ3v) is 11.8. The molecule has 0 spiro atoms. The molecule has 0 bridgehead atoms. The first-order valence-electron chi connectivity index (χ1n) is 17.3. The first-order chi connectivity index (χ1) is 21.9. The fourth-order valence-electron chi connectivity index (χ4n) is 7.85. The minimum Gasteiger partial charge on any atom is -0.391 e. The van der Waals surface area contributed by atoms with E-state index in [4.69, 9.17) is 34.8 Å². The maximum absolute atomic E-state index is 12.7. The third-order valence-electron chi connectivity index (χ3n) is 10.6. The molecule has 5 rings (SSSR count). The predicted molar refractivity (Wildman–Crippen MR) is 176 cm³/mol. The van der Waals surface area contributed by atoms with Gasteiger partial charge in [0.05, 0.1) is 41.0 Å². The maximum Gasteiger partial charge on any atom is 0.393 e. The zero-order chi connectivity index (χ0) is 33.4. The van der Waals surface area contributed by atoms with Gasteiger partial charge in [0.2, 0.25) is 0 Å². The van der Waals surface area contributed by atoms with Crippen LogP contribution in [0.1, 0.15) is 84.5 Å².